The molecule has 0 aromatic heterocycles. The fraction of sp³-hybridized carbons (Fsp3) is 0.333. The summed E-state index contributed by atoms with van der Waals surface area (Å²) in [5, 5.41) is 10.6. The number of aromatic hydroxyl groups is 1. The Morgan fingerprint density at radius 3 is 2.30 bits per heavy atom. The lowest BCUT2D eigenvalue weighted by molar-refractivity contribution is -0.131. The van der Waals surface area contributed by atoms with Crippen molar-refractivity contribution in [3.63, 3.8) is 0 Å². The number of nitrogens with zero attached hydrogens (tertiary/aromatic N) is 2. The van der Waals surface area contributed by atoms with Crippen molar-refractivity contribution >= 4 is 46.6 Å². The summed E-state index contributed by atoms with van der Waals surface area (Å²) in [7, 11) is 1.43. The number of halogens is 2. The predicted molar refractivity (Wildman–Crippen MR) is 169 cm³/mol. The monoisotopic (exact) mass is 642 g/mol. The minimum Gasteiger partial charge on any atom is -0.504 e. The number of methoxy groups -OCH3 is 1. The molecule has 46 heavy (non-hydrogen) atoms. The van der Waals surface area contributed by atoms with Gasteiger partial charge in [-0.05, 0) is 85.7 Å². The Kier molecular flexibility index (Phi) is 7.08. The third-order valence-corrected chi connectivity index (χ3v) is 10.9. The standard InChI is InChI=1S/C36H32ClFN2O6/c1-4-18-5-8-20(9-6-18)39-32(42)23-12-11-22-24(30(23)34(39)44)17-25-33(43)40(21-10-13-27(38)26(37)16-21)35(45)36(25,2)31(22)19-7-14-29(46-3)28(41)15-19/h5-11,13-16,23-25,30-31,41H,4,12,17H2,1-3H3/t23-,24+,25-,30-,31-,36+/m0/s1. The van der Waals surface area contributed by atoms with Crippen LogP contribution < -0.4 is 14.5 Å². The molecule has 3 fully saturated rings. The molecule has 0 radical (unpaired) electrons. The molecule has 2 aliphatic carbocycles. The quantitative estimate of drug-likeness (QED) is 0.263. The summed E-state index contributed by atoms with van der Waals surface area (Å²) in [5.41, 5.74) is 1.77. The second-order valence-corrected chi connectivity index (χ2v) is 13.1. The van der Waals surface area contributed by atoms with Gasteiger partial charge in [0.1, 0.15) is 5.82 Å². The summed E-state index contributed by atoms with van der Waals surface area (Å²) in [5.74, 6) is -5.59. The number of carbonyl (C=O) groups is 4. The minimum atomic E-state index is -1.32. The predicted octanol–water partition coefficient (Wildman–Crippen LogP) is 6.19. The number of phenols is 1. The van der Waals surface area contributed by atoms with Crippen molar-refractivity contribution in [2.24, 2.45) is 29.1 Å². The maximum Gasteiger partial charge on any atom is 0.241 e. The summed E-state index contributed by atoms with van der Waals surface area (Å²) in [6, 6.07) is 16.0. The van der Waals surface area contributed by atoms with Crippen LogP contribution in [0.3, 0.4) is 0 Å². The van der Waals surface area contributed by atoms with E-state index in [0.29, 0.717) is 17.7 Å². The summed E-state index contributed by atoms with van der Waals surface area (Å²) >= 11 is 6.07. The van der Waals surface area contributed by atoms with Gasteiger partial charge in [0.25, 0.3) is 0 Å². The van der Waals surface area contributed by atoms with Crippen molar-refractivity contribution in [1.29, 1.82) is 0 Å². The number of ether oxygens (including phenoxy) is 1. The molecule has 10 heteroatoms. The topological polar surface area (TPSA) is 104 Å². The molecule has 2 heterocycles. The molecule has 0 bridgehead atoms. The van der Waals surface area contributed by atoms with Crippen LogP contribution in [-0.2, 0) is 25.6 Å². The van der Waals surface area contributed by atoms with E-state index in [9.17, 15) is 28.7 Å². The van der Waals surface area contributed by atoms with E-state index in [0.717, 1.165) is 28.5 Å². The molecule has 4 aliphatic rings. The van der Waals surface area contributed by atoms with E-state index in [1.165, 1.54) is 30.2 Å². The van der Waals surface area contributed by atoms with Gasteiger partial charge in [0.05, 0.1) is 46.7 Å². The maximum atomic E-state index is 14.5. The van der Waals surface area contributed by atoms with Crippen molar-refractivity contribution in [3.8, 4) is 11.5 Å². The van der Waals surface area contributed by atoms with E-state index >= 15 is 0 Å². The molecular weight excluding hydrogens is 611 g/mol. The van der Waals surface area contributed by atoms with Gasteiger partial charge in [0.2, 0.25) is 23.6 Å². The third-order valence-electron chi connectivity index (χ3n) is 10.6. The first kappa shape index (κ1) is 30.2. The van der Waals surface area contributed by atoms with Gasteiger partial charge in [-0.25, -0.2) is 9.29 Å². The zero-order valence-electron chi connectivity index (χ0n) is 25.5. The Morgan fingerprint density at radius 2 is 1.65 bits per heavy atom. The number of anilines is 2. The van der Waals surface area contributed by atoms with Crippen LogP contribution in [0.5, 0.6) is 11.5 Å². The fourth-order valence-electron chi connectivity index (χ4n) is 8.29. The number of carbonyl (C=O) groups excluding carboxylic acids is 4. The van der Waals surface area contributed by atoms with E-state index in [4.69, 9.17) is 16.3 Å². The summed E-state index contributed by atoms with van der Waals surface area (Å²) in [6.07, 6.45) is 3.23. The number of hydrogen-bond acceptors (Lipinski definition) is 6. The highest BCUT2D eigenvalue weighted by Gasteiger charge is 2.67. The molecule has 6 atom stereocenters. The average Bonchev–Trinajstić information content (AvgIpc) is 3.41. The zero-order chi connectivity index (χ0) is 32.7. The maximum absolute atomic E-state index is 14.5. The van der Waals surface area contributed by atoms with Gasteiger partial charge < -0.3 is 9.84 Å². The number of allylic oxidation sites excluding steroid dienone is 2. The van der Waals surface area contributed by atoms with Crippen molar-refractivity contribution in [2.75, 3.05) is 16.9 Å². The van der Waals surface area contributed by atoms with Gasteiger partial charge in [-0.2, -0.15) is 0 Å². The van der Waals surface area contributed by atoms with E-state index in [2.05, 4.69) is 0 Å². The second-order valence-electron chi connectivity index (χ2n) is 12.7. The molecule has 7 rings (SSSR count). The van der Waals surface area contributed by atoms with Gasteiger partial charge in [-0.3, -0.25) is 24.1 Å². The van der Waals surface area contributed by atoms with Crippen LogP contribution in [0.4, 0.5) is 15.8 Å². The molecule has 1 N–H and O–H groups in total. The largest absolute Gasteiger partial charge is 0.504 e. The van der Waals surface area contributed by atoms with Crippen LogP contribution in [0.25, 0.3) is 0 Å². The number of phenolic OH excluding ortho intramolecular Hbond substituents is 1. The smallest absolute Gasteiger partial charge is 0.241 e. The van der Waals surface area contributed by atoms with Gasteiger partial charge in [0.15, 0.2) is 11.5 Å². The van der Waals surface area contributed by atoms with E-state index in [1.54, 1.807) is 31.2 Å². The Morgan fingerprint density at radius 1 is 0.935 bits per heavy atom. The van der Waals surface area contributed by atoms with Crippen LogP contribution in [0.2, 0.25) is 5.02 Å². The first-order valence-electron chi connectivity index (χ1n) is 15.4. The average molecular weight is 643 g/mol. The molecule has 1 saturated carbocycles. The molecule has 3 aromatic rings. The highest BCUT2D eigenvalue weighted by molar-refractivity contribution is 6.32. The third kappa shape index (κ3) is 4.17. The molecule has 236 valence electrons. The van der Waals surface area contributed by atoms with Gasteiger partial charge in [-0.1, -0.05) is 48.4 Å². The molecular formula is C36H32ClFN2O6. The summed E-state index contributed by atoms with van der Waals surface area (Å²) in [4.78, 5) is 59.1. The zero-order valence-corrected chi connectivity index (χ0v) is 26.3. The summed E-state index contributed by atoms with van der Waals surface area (Å²) < 4.78 is 19.4. The van der Waals surface area contributed by atoms with Gasteiger partial charge in [-0.15, -0.1) is 0 Å². The molecule has 4 amide bonds. The highest BCUT2D eigenvalue weighted by Crippen LogP contribution is 2.64. The van der Waals surface area contributed by atoms with Crippen LogP contribution >= 0.6 is 11.6 Å². The molecule has 8 nitrogen and oxygen atoms in total. The van der Waals surface area contributed by atoms with Crippen LogP contribution in [0, 0.1) is 34.9 Å². The van der Waals surface area contributed by atoms with Crippen molar-refractivity contribution in [3.05, 3.63) is 94.3 Å². The number of amides is 4. The lowest BCUT2D eigenvalue weighted by Gasteiger charge is -2.49. The van der Waals surface area contributed by atoms with E-state index in [1.807, 2.05) is 25.1 Å². The second kappa shape index (κ2) is 10.8. The Balaban J connectivity index is 1.36. The first-order chi connectivity index (χ1) is 22.0. The van der Waals surface area contributed by atoms with E-state index < -0.39 is 52.6 Å². The van der Waals surface area contributed by atoms with Crippen LogP contribution in [0.15, 0.2) is 72.3 Å². The van der Waals surface area contributed by atoms with Crippen LogP contribution in [0.1, 0.15) is 43.7 Å². The first-order valence-corrected chi connectivity index (χ1v) is 15.8. The van der Waals surface area contributed by atoms with Gasteiger partial charge in [0, 0.05) is 5.92 Å². The normalized spacial score (nSPS) is 28.6. The number of fused-ring (bicyclic) bond motifs is 4. The number of rotatable bonds is 5. The Hall–Kier alpha value is -4.50. The van der Waals surface area contributed by atoms with Crippen molar-refractivity contribution in [1.82, 2.24) is 0 Å². The minimum absolute atomic E-state index is 0.135. The molecule has 2 aliphatic heterocycles. The number of aryl methyl sites for hydroxylation is 1. The summed E-state index contributed by atoms with van der Waals surface area (Å²) in [6.45, 7) is 3.76. The number of benzene rings is 3. The fourth-order valence-corrected chi connectivity index (χ4v) is 8.46. The molecule has 0 unspecified atom stereocenters. The number of hydrogen-bond donors (Lipinski definition) is 1. The van der Waals surface area contributed by atoms with Crippen molar-refractivity contribution in [2.45, 2.75) is 39.0 Å². The van der Waals surface area contributed by atoms with E-state index in [-0.39, 0.29) is 40.4 Å². The van der Waals surface area contributed by atoms with Crippen LogP contribution in [-0.4, -0.2) is 35.8 Å². The SMILES string of the molecule is CCc1ccc(N2C(=O)[C@H]3[C@H](CC=C4[C@H]3C[C@H]3C(=O)N(c5ccc(F)c(Cl)c5)C(=O)[C@@]3(C)[C@H]4c3ccc(OC)c(O)c3)C2=O)cc1. The molecule has 2 saturated heterocycles. The van der Waals surface area contributed by atoms with Gasteiger partial charge >= 0.3 is 0 Å². The highest BCUT2D eigenvalue weighted by atomic mass is 35.5. The molecule has 0 spiro atoms. The Labute approximate surface area is 270 Å². The lowest BCUT2D eigenvalue weighted by Crippen LogP contribution is -2.48. The van der Waals surface area contributed by atoms with Crippen molar-refractivity contribution < 1.29 is 33.4 Å². The lowest BCUT2D eigenvalue weighted by atomic mass is 9.51. The Bertz CT molecular complexity index is 1860. The number of imide groups is 2. The molecule has 3 aromatic carbocycles.